The van der Waals surface area contributed by atoms with Crippen LogP contribution in [0.4, 0.5) is 0 Å². The summed E-state index contributed by atoms with van der Waals surface area (Å²) in [5, 5.41) is 12.2. The molecule has 0 radical (unpaired) electrons. The zero-order valence-electron chi connectivity index (χ0n) is 9.20. The molecule has 0 spiro atoms. The van der Waals surface area contributed by atoms with E-state index in [4.69, 9.17) is 0 Å². The number of nitrogens with zero attached hydrogens (tertiary/aromatic N) is 1. The Hall–Kier alpha value is -1.36. The first-order valence-corrected chi connectivity index (χ1v) is 5.63. The summed E-state index contributed by atoms with van der Waals surface area (Å²) >= 11 is 0. The number of rotatable bonds is 4. The lowest BCUT2D eigenvalue weighted by atomic mass is 9.87. The minimum Gasteiger partial charge on any atom is -0.396 e. The number of carbonyl (C=O) groups excluding carboxylic acids is 1. The Morgan fingerprint density at radius 1 is 1.56 bits per heavy atom. The molecule has 1 heterocycles. The highest BCUT2D eigenvalue weighted by Gasteiger charge is 2.33. The van der Waals surface area contributed by atoms with Crippen molar-refractivity contribution in [2.45, 2.75) is 25.7 Å². The van der Waals surface area contributed by atoms with Gasteiger partial charge in [0.1, 0.15) is 5.69 Å². The van der Waals surface area contributed by atoms with Crippen LogP contribution in [0.15, 0.2) is 12.5 Å². The number of amides is 1. The first-order valence-electron chi connectivity index (χ1n) is 5.63. The second-order valence-electron chi connectivity index (χ2n) is 4.51. The van der Waals surface area contributed by atoms with Crippen molar-refractivity contribution in [2.24, 2.45) is 5.41 Å². The van der Waals surface area contributed by atoms with Crippen molar-refractivity contribution in [2.75, 3.05) is 13.2 Å². The number of imidazole rings is 1. The maximum Gasteiger partial charge on any atom is 0.269 e. The number of aromatic nitrogens is 2. The van der Waals surface area contributed by atoms with E-state index in [1.165, 1.54) is 12.5 Å². The largest absolute Gasteiger partial charge is 0.396 e. The van der Waals surface area contributed by atoms with Crippen LogP contribution in [0.2, 0.25) is 0 Å². The SMILES string of the molecule is O=C(NCC1(CO)CCCC1)c1cnc[nH]1. The van der Waals surface area contributed by atoms with Gasteiger partial charge in [-0.05, 0) is 12.8 Å². The highest BCUT2D eigenvalue weighted by atomic mass is 16.3. The topological polar surface area (TPSA) is 78.0 Å². The molecule has 0 aliphatic heterocycles. The number of hydrogen-bond donors (Lipinski definition) is 3. The molecule has 1 aliphatic rings. The predicted molar refractivity (Wildman–Crippen MR) is 58.9 cm³/mol. The summed E-state index contributed by atoms with van der Waals surface area (Å²) < 4.78 is 0. The van der Waals surface area contributed by atoms with Gasteiger partial charge in [-0.1, -0.05) is 12.8 Å². The molecular formula is C11H17N3O2. The summed E-state index contributed by atoms with van der Waals surface area (Å²) in [6.45, 7) is 0.692. The first kappa shape index (κ1) is 11.1. The van der Waals surface area contributed by atoms with E-state index in [1.54, 1.807) is 0 Å². The monoisotopic (exact) mass is 223 g/mol. The molecule has 0 atom stereocenters. The predicted octanol–water partition coefficient (Wildman–Crippen LogP) is 0.692. The number of nitrogens with one attached hydrogen (secondary N) is 2. The molecule has 0 bridgehead atoms. The molecule has 0 aromatic carbocycles. The van der Waals surface area contributed by atoms with Gasteiger partial charge < -0.3 is 15.4 Å². The second kappa shape index (κ2) is 4.65. The molecule has 1 fully saturated rings. The maximum atomic E-state index is 11.7. The van der Waals surface area contributed by atoms with E-state index in [9.17, 15) is 9.90 Å². The van der Waals surface area contributed by atoms with E-state index in [2.05, 4.69) is 15.3 Å². The molecule has 0 unspecified atom stereocenters. The van der Waals surface area contributed by atoms with Gasteiger partial charge in [-0.15, -0.1) is 0 Å². The molecule has 1 aromatic rings. The molecule has 1 aliphatic carbocycles. The van der Waals surface area contributed by atoms with Crippen molar-refractivity contribution < 1.29 is 9.90 Å². The van der Waals surface area contributed by atoms with Gasteiger partial charge in [0, 0.05) is 12.0 Å². The lowest BCUT2D eigenvalue weighted by Gasteiger charge is -2.26. The van der Waals surface area contributed by atoms with Crippen molar-refractivity contribution >= 4 is 5.91 Å². The molecule has 5 heteroatoms. The fourth-order valence-electron chi connectivity index (χ4n) is 2.26. The smallest absolute Gasteiger partial charge is 0.269 e. The van der Waals surface area contributed by atoms with Crippen molar-refractivity contribution in [3.63, 3.8) is 0 Å². The van der Waals surface area contributed by atoms with Gasteiger partial charge in [-0.25, -0.2) is 4.98 Å². The van der Waals surface area contributed by atoms with Crippen LogP contribution >= 0.6 is 0 Å². The van der Waals surface area contributed by atoms with Gasteiger partial charge in [-0.3, -0.25) is 4.79 Å². The Kier molecular flexibility index (Phi) is 3.24. The molecule has 0 saturated heterocycles. The summed E-state index contributed by atoms with van der Waals surface area (Å²) in [7, 11) is 0. The molecule has 1 saturated carbocycles. The van der Waals surface area contributed by atoms with Crippen LogP contribution in [0.1, 0.15) is 36.2 Å². The highest BCUT2D eigenvalue weighted by Crippen LogP contribution is 2.36. The molecule has 88 valence electrons. The lowest BCUT2D eigenvalue weighted by molar-refractivity contribution is 0.0876. The summed E-state index contributed by atoms with van der Waals surface area (Å²) in [6, 6.07) is 0. The lowest BCUT2D eigenvalue weighted by Crippen LogP contribution is -2.38. The van der Waals surface area contributed by atoms with Gasteiger partial charge in [0.2, 0.25) is 0 Å². The third kappa shape index (κ3) is 2.24. The van der Waals surface area contributed by atoms with Crippen molar-refractivity contribution in [3.8, 4) is 0 Å². The minimum absolute atomic E-state index is 0.102. The van der Waals surface area contributed by atoms with Crippen LogP contribution in [-0.2, 0) is 0 Å². The van der Waals surface area contributed by atoms with Gasteiger partial charge in [0.15, 0.2) is 0 Å². The van der Waals surface area contributed by atoms with Crippen molar-refractivity contribution in [1.82, 2.24) is 15.3 Å². The fourth-order valence-corrected chi connectivity index (χ4v) is 2.26. The van der Waals surface area contributed by atoms with Crippen LogP contribution in [0, 0.1) is 5.41 Å². The Morgan fingerprint density at radius 2 is 2.31 bits per heavy atom. The van der Waals surface area contributed by atoms with Crippen molar-refractivity contribution in [3.05, 3.63) is 18.2 Å². The number of aliphatic hydroxyl groups is 1. The van der Waals surface area contributed by atoms with Gasteiger partial charge in [-0.2, -0.15) is 0 Å². The number of carbonyl (C=O) groups is 1. The van der Waals surface area contributed by atoms with E-state index in [0.717, 1.165) is 25.7 Å². The third-order valence-corrected chi connectivity index (χ3v) is 3.37. The molecule has 2 rings (SSSR count). The first-order chi connectivity index (χ1) is 7.76. The van der Waals surface area contributed by atoms with Crippen LogP contribution in [-0.4, -0.2) is 34.1 Å². The summed E-state index contributed by atoms with van der Waals surface area (Å²) in [5.74, 6) is -0.155. The molecule has 1 amide bonds. The fraction of sp³-hybridized carbons (Fsp3) is 0.636. The zero-order valence-corrected chi connectivity index (χ0v) is 9.20. The van der Waals surface area contributed by atoms with E-state index in [1.807, 2.05) is 0 Å². The molecular weight excluding hydrogens is 206 g/mol. The van der Waals surface area contributed by atoms with E-state index in [-0.39, 0.29) is 17.9 Å². The standard InChI is InChI=1S/C11H17N3O2/c15-7-11(3-1-2-4-11)6-13-10(16)9-5-12-8-14-9/h5,8,15H,1-4,6-7H2,(H,12,14)(H,13,16). The number of aliphatic hydroxyl groups excluding tert-OH is 1. The molecule has 5 nitrogen and oxygen atoms in total. The van der Waals surface area contributed by atoms with Gasteiger partial charge >= 0.3 is 0 Å². The highest BCUT2D eigenvalue weighted by molar-refractivity contribution is 5.91. The Balaban J connectivity index is 1.89. The van der Waals surface area contributed by atoms with Gasteiger partial charge in [0.25, 0.3) is 5.91 Å². The van der Waals surface area contributed by atoms with Crippen LogP contribution < -0.4 is 5.32 Å². The number of H-pyrrole nitrogens is 1. The Labute approximate surface area is 94.3 Å². The van der Waals surface area contributed by atoms with Gasteiger partial charge in [0.05, 0.1) is 19.1 Å². The Morgan fingerprint density at radius 3 is 2.88 bits per heavy atom. The quantitative estimate of drug-likeness (QED) is 0.702. The van der Waals surface area contributed by atoms with E-state index in [0.29, 0.717) is 12.2 Å². The zero-order chi connectivity index (χ0) is 11.4. The number of hydrogen-bond acceptors (Lipinski definition) is 3. The number of aromatic amines is 1. The summed E-state index contributed by atoms with van der Waals surface area (Å²) in [4.78, 5) is 18.2. The second-order valence-corrected chi connectivity index (χ2v) is 4.51. The Bertz CT molecular complexity index is 342. The average molecular weight is 223 g/mol. The molecule has 1 aromatic heterocycles. The average Bonchev–Trinajstić information content (AvgIpc) is 2.98. The molecule has 3 N–H and O–H groups in total. The third-order valence-electron chi connectivity index (χ3n) is 3.37. The van der Waals surface area contributed by atoms with Crippen LogP contribution in [0.5, 0.6) is 0 Å². The summed E-state index contributed by atoms with van der Waals surface area (Å²) in [6.07, 6.45) is 7.24. The maximum absolute atomic E-state index is 11.7. The van der Waals surface area contributed by atoms with Crippen molar-refractivity contribution in [1.29, 1.82) is 0 Å². The normalized spacial score (nSPS) is 18.6. The van der Waals surface area contributed by atoms with E-state index >= 15 is 0 Å². The van der Waals surface area contributed by atoms with Crippen LogP contribution in [0.25, 0.3) is 0 Å². The minimum atomic E-state index is -0.155. The van der Waals surface area contributed by atoms with E-state index < -0.39 is 0 Å². The van der Waals surface area contributed by atoms with Crippen LogP contribution in [0.3, 0.4) is 0 Å². The molecule has 16 heavy (non-hydrogen) atoms. The summed E-state index contributed by atoms with van der Waals surface area (Å²) in [5.41, 5.74) is 0.362.